The highest BCUT2D eigenvalue weighted by atomic mass is 35.5. The van der Waals surface area contributed by atoms with Crippen LogP contribution in [0.3, 0.4) is 0 Å². The van der Waals surface area contributed by atoms with E-state index in [1.165, 1.54) is 11.1 Å². The SMILES string of the molecule is C=C(CC)CC(Cc1ccc(Cl)c(Cl)c1)NCCC. The Morgan fingerprint density at radius 1 is 1.26 bits per heavy atom. The standard InChI is InChI=1S/C16H23Cl2N/c1-4-8-19-14(9-12(3)5-2)10-13-6-7-15(17)16(18)11-13/h6-7,11,14,19H,3-5,8-10H2,1-2H3. The van der Waals surface area contributed by atoms with E-state index in [1.54, 1.807) is 0 Å². The lowest BCUT2D eigenvalue weighted by atomic mass is 9.98. The molecule has 0 radical (unpaired) electrons. The fraction of sp³-hybridized carbons (Fsp3) is 0.500. The van der Waals surface area contributed by atoms with Gasteiger partial charge in [0.25, 0.3) is 0 Å². The Morgan fingerprint density at radius 3 is 2.58 bits per heavy atom. The van der Waals surface area contributed by atoms with E-state index in [9.17, 15) is 0 Å². The molecule has 1 aromatic rings. The van der Waals surface area contributed by atoms with Gasteiger partial charge in [-0.15, -0.1) is 0 Å². The van der Waals surface area contributed by atoms with Crippen molar-refractivity contribution in [1.82, 2.24) is 5.32 Å². The van der Waals surface area contributed by atoms with E-state index in [1.807, 2.05) is 18.2 Å². The van der Waals surface area contributed by atoms with E-state index in [2.05, 4.69) is 25.7 Å². The molecule has 1 nitrogen and oxygen atoms in total. The van der Waals surface area contributed by atoms with Crippen LogP contribution in [0.25, 0.3) is 0 Å². The third-order valence-electron chi connectivity index (χ3n) is 3.18. The first-order chi connectivity index (χ1) is 9.06. The summed E-state index contributed by atoms with van der Waals surface area (Å²) in [5, 5.41) is 4.82. The summed E-state index contributed by atoms with van der Waals surface area (Å²) >= 11 is 12.0. The van der Waals surface area contributed by atoms with Gasteiger partial charge in [0, 0.05) is 6.04 Å². The zero-order valence-corrected chi connectivity index (χ0v) is 13.3. The van der Waals surface area contributed by atoms with Crippen LogP contribution in [-0.2, 0) is 6.42 Å². The van der Waals surface area contributed by atoms with Gasteiger partial charge in [-0.2, -0.15) is 0 Å². The average molecular weight is 300 g/mol. The van der Waals surface area contributed by atoms with Crippen molar-refractivity contribution in [2.24, 2.45) is 0 Å². The Balaban J connectivity index is 2.69. The quantitative estimate of drug-likeness (QED) is 0.646. The van der Waals surface area contributed by atoms with Gasteiger partial charge in [0.15, 0.2) is 0 Å². The Morgan fingerprint density at radius 2 is 2.00 bits per heavy atom. The summed E-state index contributed by atoms with van der Waals surface area (Å²) in [4.78, 5) is 0. The van der Waals surface area contributed by atoms with Gasteiger partial charge in [-0.3, -0.25) is 0 Å². The molecule has 0 spiro atoms. The topological polar surface area (TPSA) is 12.0 Å². The molecule has 0 saturated heterocycles. The van der Waals surface area contributed by atoms with Crippen LogP contribution < -0.4 is 5.32 Å². The number of benzene rings is 1. The number of hydrogen-bond acceptors (Lipinski definition) is 1. The largest absolute Gasteiger partial charge is 0.313 e. The van der Waals surface area contributed by atoms with Crippen LogP contribution >= 0.6 is 23.2 Å². The van der Waals surface area contributed by atoms with Crippen molar-refractivity contribution in [1.29, 1.82) is 0 Å². The van der Waals surface area contributed by atoms with Crippen LogP contribution in [0.4, 0.5) is 0 Å². The van der Waals surface area contributed by atoms with Gasteiger partial charge in [-0.25, -0.2) is 0 Å². The highest BCUT2D eigenvalue weighted by molar-refractivity contribution is 6.42. The Hall–Kier alpha value is -0.500. The monoisotopic (exact) mass is 299 g/mol. The summed E-state index contributed by atoms with van der Waals surface area (Å²) in [5.74, 6) is 0. The minimum Gasteiger partial charge on any atom is -0.313 e. The normalized spacial score (nSPS) is 12.4. The lowest BCUT2D eigenvalue weighted by Gasteiger charge is -2.19. The van der Waals surface area contributed by atoms with Crippen LogP contribution in [-0.4, -0.2) is 12.6 Å². The zero-order chi connectivity index (χ0) is 14.3. The lowest BCUT2D eigenvalue weighted by molar-refractivity contribution is 0.500. The number of hydrogen-bond donors (Lipinski definition) is 1. The van der Waals surface area contributed by atoms with Crippen molar-refractivity contribution in [3.8, 4) is 0 Å². The molecule has 1 unspecified atom stereocenters. The molecule has 0 amide bonds. The molecule has 0 aliphatic heterocycles. The molecule has 0 heterocycles. The second kappa shape index (κ2) is 8.63. The van der Waals surface area contributed by atoms with E-state index >= 15 is 0 Å². The van der Waals surface area contributed by atoms with Gasteiger partial charge in [-0.1, -0.05) is 55.3 Å². The van der Waals surface area contributed by atoms with Crippen molar-refractivity contribution in [3.63, 3.8) is 0 Å². The first kappa shape index (κ1) is 16.6. The van der Waals surface area contributed by atoms with Crippen LogP contribution in [0.2, 0.25) is 10.0 Å². The van der Waals surface area contributed by atoms with E-state index in [-0.39, 0.29) is 0 Å². The van der Waals surface area contributed by atoms with Gasteiger partial charge >= 0.3 is 0 Å². The Kier molecular flexibility index (Phi) is 7.52. The average Bonchev–Trinajstić information content (AvgIpc) is 2.40. The molecule has 0 aliphatic rings. The maximum Gasteiger partial charge on any atom is 0.0595 e. The molecule has 1 atom stereocenters. The minimum absolute atomic E-state index is 0.421. The van der Waals surface area contributed by atoms with Gasteiger partial charge in [-0.05, 0) is 49.9 Å². The summed E-state index contributed by atoms with van der Waals surface area (Å²) < 4.78 is 0. The summed E-state index contributed by atoms with van der Waals surface area (Å²) in [5.41, 5.74) is 2.50. The molecule has 106 valence electrons. The van der Waals surface area contributed by atoms with Gasteiger partial charge in [0.2, 0.25) is 0 Å². The Labute approximate surface area is 127 Å². The second-order valence-corrected chi connectivity index (χ2v) is 5.73. The molecule has 19 heavy (non-hydrogen) atoms. The van der Waals surface area contributed by atoms with Gasteiger partial charge in [0.1, 0.15) is 0 Å². The van der Waals surface area contributed by atoms with E-state index in [0.717, 1.165) is 32.2 Å². The maximum atomic E-state index is 6.06. The number of halogens is 2. The lowest BCUT2D eigenvalue weighted by Crippen LogP contribution is -2.32. The fourth-order valence-corrected chi connectivity index (χ4v) is 2.33. The number of nitrogens with one attached hydrogen (secondary N) is 1. The van der Waals surface area contributed by atoms with Gasteiger partial charge in [0.05, 0.1) is 10.0 Å². The molecule has 0 aliphatic carbocycles. The van der Waals surface area contributed by atoms with Crippen molar-refractivity contribution < 1.29 is 0 Å². The van der Waals surface area contributed by atoms with Crippen LogP contribution in [0.5, 0.6) is 0 Å². The molecule has 0 bridgehead atoms. The molecular formula is C16H23Cl2N. The summed E-state index contributed by atoms with van der Waals surface area (Å²) in [6.07, 6.45) is 4.13. The van der Waals surface area contributed by atoms with E-state index < -0.39 is 0 Å². The highest BCUT2D eigenvalue weighted by Gasteiger charge is 2.11. The Bertz CT molecular complexity index is 415. The third kappa shape index (κ3) is 5.99. The van der Waals surface area contributed by atoms with Crippen molar-refractivity contribution in [2.75, 3.05) is 6.54 Å². The van der Waals surface area contributed by atoms with Crippen LogP contribution in [0, 0.1) is 0 Å². The summed E-state index contributed by atoms with van der Waals surface area (Å²) in [7, 11) is 0. The maximum absolute atomic E-state index is 6.06. The molecular weight excluding hydrogens is 277 g/mol. The fourth-order valence-electron chi connectivity index (χ4n) is 2.01. The molecule has 1 N–H and O–H groups in total. The molecule has 3 heteroatoms. The van der Waals surface area contributed by atoms with Crippen LogP contribution in [0.15, 0.2) is 30.4 Å². The van der Waals surface area contributed by atoms with Crippen LogP contribution in [0.1, 0.15) is 38.7 Å². The summed E-state index contributed by atoms with van der Waals surface area (Å²) in [6.45, 7) is 9.47. The molecule has 1 rings (SSSR count). The predicted molar refractivity (Wildman–Crippen MR) is 86.3 cm³/mol. The second-order valence-electron chi connectivity index (χ2n) is 4.91. The van der Waals surface area contributed by atoms with Crippen molar-refractivity contribution >= 4 is 23.2 Å². The molecule has 0 fully saturated rings. The van der Waals surface area contributed by atoms with Crippen molar-refractivity contribution in [2.45, 2.75) is 45.6 Å². The first-order valence-electron chi connectivity index (χ1n) is 6.90. The molecule has 1 aromatic carbocycles. The predicted octanol–water partition coefficient (Wildman–Crippen LogP) is 5.26. The van der Waals surface area contributed by atoms with E-state index in [4.69, 9.17) is 23.2 Å². The number of rotatable bonds is 8. The smallest absolute Gasteiger partial charge is 0.0595 e. The minimum atomic E-state index is 0.421. The first-order valence-corrected chi connectivity index (χ1v) is 7.66. The zero-order valence-electron chi connectivity index (χ0n) is 11.8. The van der Waals surface area contributed by atoms with Gasteiger partial charge < -0.3 is 5.32 Å². The van der Waals surface area contributed by atoms with Crippen molar-refractivity contribution in [3.05, 3.63) is 46.0 Å². The highest BCUT2D eigenvalue weighted by Crippen LogP contribution is 2.24. The molecule has 0 aromatic heterocycles. The third-order valence-corrected chi connectivity index (χ3v) is 3.92. The molecule has 0 saturated carbocycles. The van der Waals surface area contributed by atoms with E-state index in [0.29, 0.717) is 16.1 Å². The summed E-state index contributed by atoms with van der Waals surface area (Å²) in [6, 6.07) is 6.29.